The minimum Gasteiger partial charge on any atom is -0.342 e. The highest BCUT2D eigenvalue weighted by atomic mass is 16.2. The summed E-state index contributed by atoms with van der Waals surface area (Å²) in [5.74, 6) is 1.17. The zero-order valence-corrected chi connectivity index (χ0v) is 15.6. The van der Waals surface area contributed by atoms with E-state index in [1.807, 2.05) is 0 Å². The lowest BCUT2D eigenvalue weighted by molar-refractivity contribution is -0.131. The van der Waals surface area contributed by atoms with Crippen molar-refractivity contribution in [2.45, 2.75) is 83.1 Å². The second-order valence-corrected chi connectivity index (χ2v) is 8.94. The molecule has 0 aromatic heterocycles. The largest absolute Gasteiger partial charge is 0.342 e. The molecule has 23 heavy (non-hydrogen) atoms. The third-order valence-electron chi connectivity index (χ3n) is 7.14. The molecule has 2 aliphatic carbocycles. The molecule has 2 saturated carbocycles. The van der Waals surface area contributed by atoms with E-state index in [1.165, 1.54) is 64.2 Å². The number of nitrogens with zero attached hydrogens (tertiary/aromatic N) is 2. The summed E-state index contributed by atoms with van der Waals surface area (Å²) in [5, 5.41) is 0. The first kappa shape index (κ1) is 17.3. The predicted octanol–water partition coefficient (Wildman–Crippen LogP) is 4.07. The number of unbranched alkanes of at least 4 members (excludes halogenated alkanes) is 1. The van der Waals surface area contributed by atoms with Crippen LogP contribution in [-0.4, -0.2) is 48.4 Å². The van der Waals surface area contributed by atoms with Crippen molar-refractivity contribution in [3.8, 4) is 0 Å². The maximum atomic E-state index is 12.4. The summed E-state index contributed by atoms with van der Waals surface area (Å²) in [4.78, 5) is 17.1. The van der Waals surface area contributed by atoms with Crippen LogP contribution in [0, 0.1) is 11.3 Å². The maximum Gasteiger partial charge on any atom is 0.222 e. The van der Waals surface area contributed by atoms with Crippen LogP contribution in [0.15, 0.2) is 0 Å². The lowest BCUT2D eigenvalue weighted by Crippen LogP contribution is -2.49. The van der Waals surface area contributed by atoms with Crippen LogP contribution in [0.3, 0.4) is 0 Å². The maximum absolute atomic E-state index is 12.4. The summed E-state index contributed by atoms with van der Waals surface area (Å²) >= 11 is 0. The number of likely N-dealkylation sites (tertiary alicyclic amines) is 1. The molecule has 0 aromatic rings. The number of carbonyl (C=O) groups is 1. The van der Waals surface area contributed by atoms with Crippen molar-refractivity contribution in [3.63, 3.8) is 0 Å². The molecule has 0 radical (unpaired) electrons. The predicted molar refractivity (Wildman–Crippen MR) is 95.4 cm³/mol. The fourth-order valence-corrected chi connectivity index (χ4v) is 4.93. The van der Waals surface area contributed by atoms with Gasteiger partial charge in [0.05, 0.1) is 0 Å². The van der Waals surface area contributed by atoms with Gasteiger partial charge in [0.15, 0.2) is 0 Å². The van der Waals surface area contributed by atoms with Crippen LogP contribution in [0.25, 0.3) is 0 Å². The Morgan fingerprint density at radius 3 is 2.39 bits per heavy atom. The molecule has 1 aliphatic heterocycles. The van der Waals surface area contributed by atoms with Gasteiger partial charge in [0, 0.05) is 25.0 Å². The fourth-order valence-electron chi connectivity index (χ4n) is 4.93. The van der Waals surface area contributed by atoms with E-state index in [2.05, 4.69) is 30.8 Å². The molecule has 3 nitrogen and oxygen atoms in total. The highest BCUT2D eigenvalue weighted by Crippen LogP contribution is 2.50. The Hall–Kier alpha value is -0.570. The van der Waals surface area contributed by atoms with Crippen molar-refractivity contribution in [1.29, 1.82) is 0 Å². The number of hydrogen-bond donors (Lipinski definition) is 0. The van der Waals surface area contributed by atoms with Gasteiger partial charge in [0.25, 0.3) is 0 Å². The zero-order chi connectivity index (χ0) is 16.5. The molecule has 1 heterocycles. The molecule has 3 fully saturated rings. The first-order valence-corrected chi connectivity index (χ1v) is 9.94. The second kappa shape index (κ2) is 6.74. The SMILES string of the molecule is CCCCC1(N(C)C)CCC2(CCN(C(=O)CC3CC3)C2)CC1. The number of hydrogen-bond acceptors (Lipinski definition) is 2. The van der Waals surface area contributed by atoms with Crippen LogP contribution >= 0.6 is 0 Å². The summed E-state index contributed by atoms with van der Waals surface area (Å²) in [5.41, 5.74) is 0.873. The van der Waals surface area contributed by atoms with Crippen molar-refractivity contribution in [1.82, 2.24) is 9.80 Å². The van der Waals surface area contributed by atoms with E-state index in [4.69, 9.17) is 0 Å². The van der Waals surface area contributed by atoms with Gasteiger partial charge >= 0.3 is 0 Å². The smallest absolute Gasteiger partial charge is 0.222 e. The van der Waals surface area contributed by atoms with E-state index in [9.17, 15) is 4.79 Å². The van der Waals surface area contributed by atoms with E-state index < -0.39 is 0 Å². The Morgan fingerprint density at radius 1 is 1.13 bits per heavy atom. The highest BCUT2D eigenvalue weighted by molar-refractivity contribution is 5.77. The van der Waals surface area contributed by atoms with E-state index in [0.717, 1.165) is 25.4 Å². The van der Waals surface area contributed by atoms with Crippen LogP contribution < -0.4 is 0 Å². The molecule has 3 aliphatic rings. The lowest BCUT2D eigenvalue weighted by atomic mass is 9.65. The van der Waals surface area contributed by atoms with Crippen LogP contribution in [0.1, 0.15) is 77.6 Å². The molecule has 0 atom stereocenters. The van der Waals surface area contributed by atoms with Crippen molar-refractivity contribution in [2.75, 3.05) is 27.2 Å². The number of amides is 1. The molecule has 1 amide bonds. The van der Waals surface area contributed by atoms with E-state index in [0.29, 0.717) is 16.9 Å². The van der Waals surface area contributed by atoms with E-state index in [1.54, 1.807) is 0 Å². The number of rotatable bonds is 6. The first-order chi connectivity index (χ1) is 11.0. The average Bonchev–Trinajstić information content (AvgIpc) is 3.25. The van der Waals surface area contributed by atoms with Crippen molar-refractivity contribution < 1.29 is 4.79 Å². The monoisotopic (exact) mass is 320 g/mol. The fraction of sp³-hybridized carbons (Fsp3) is 0.950. The molecule has 132 valence electrons. The Labute approximate surface area is 142 Å². The summed E-state index contributed by atoms with van der Waals surface area (Å²) in [7, 11) is 4.54. The first-order valence-electron chi connectivity index (χ1n) is 9.94. The standard InChI is InChI=1S/C20H36N2O/c1-4-5-8-20(21(2)3)11-9-19(10-12-20)13-14-22(16-19)18(23)15-17-6-7-17/h17H,4-16H2,1-3H3. The molecule has 0 bridgehead atoms. The molecule has 3 heteroatoms. The minimum absolute atomic E-state index is 0.423. The van der Waals surface area contributed by atoms with Crippen molar-refractivity contribution >= 4 is 5.91 Å². The third-order valence-corrected chi connectivity index (χ3v) is 7.14. The van der Waals surface area contributed by atoms with E-state index in [-0.39, 0.29) is 0 Å². The molecule has 0 aromatic carbocycles. The minimum atomic E-state index is 0.423. The molecular weight excluding hydrogens is 284 g/mol. The summed E-state index contributed by atoms with van der Waals surface area (Å²) in [6.07, 6.45) is 13.9. The molecule has 3 rings (SSSR count). The van der Waals surface area contributed by atoms with Gasteiger partial charge in [-0.3, -0.25) is 4.79 Å². The summed E-state index contributed by atoms with van der Waals surface area (Å²) < 4.78 is 0. The van der Waals surface area contributed by atoms with Crippen molar-refractivity contribution in [2.24, 2.45) is 11.3 Å². The quantitative estimate of drug-likeness (QED) is 0.736. The number of carbonyl (C=O) groups excluding carboxylic acids is 1. The second-order valence-electron chi connectivity index (χ2n) is 8.94. The Balaban J connectivity index is 1.56. The van der Waals surface area contributed by atoms with Crippen LogP contribution in [-0.2, 0) is 4.79 Å². The zero-order valence-electron chi connectivity index (χ0n) is 15.6. The van der Waals surface area contributed by atoms with Gasteiger partial charge in [-0.25, -0.2) is 0 Å². The summed E-state index contributed by atoms with van der Waals surface area (Å²) in [6.45, 7) is 4.37. The Morgan fingerprint density at radius 2 is 1.83 bits per heavy atom. The lowest BCUT2D eigenvalue weighted by Gasteiger charge is -2.49. The van der Waals surface area contributed by atoms with Gasteiger partial charge in [0.2, 0.25) is 5.91 Å². The van der Waals surface area contributed by atoms with Gasteiger partial charge < -0.3 is 9.80 Å². The Bertz CT molecular complexity index is 419. The van der Waals surface area contributed by atoms with E-state index >= 15 is 0 Å². The third kappa shape index (κ3) is 3.75. The molecule has 0 unspecified atom stereocenters. The van der Waals surface area contributed by atoms with Crippen LogP contribution in [0.5, 0.6) is 0 Å². The molecular formula is C20H36N2O. The van der Waals surface area contributed by atoms with Gasteiger partial charge in [-0.15, -0.1) is 0 Å². The highest BCUT2D eigenvalue weighted by Gasteiger charge is 2.47. The van der Waals surface area contributed by atoms with Crippen molar-refractivity contribution in [3.05, 3.63) is 0 Å². The molecule has 0 N–H and O–H groups in total. The van der Waals surface area contributed by atoms with Gasteiger partial charge in [-0.1, -0.05) is 19.8 Å². The molecule has 1 saturated heterocycles. The normalized spacial score (nSPS) is 34.5. The molecule has 1 spiro atoms. The van der Waals surface area contributed by atoms with Crippen LogP contribution in [0.4, 0.5) is 0 Å². The van der Waals surface area contributed by atoms with Crippen LogP contribution in [0.2, 0.25) is 0 Å². The van der Waals surface area contributed by atoms with Gasteiger partial charge in [0.1, 0.15) is 0 Å². The van der Waals surface area contributed by atoms with Gasteiger partial charge in [-0.2, -0.15) is 0 Å². The average molecular weight is 321 g/mol. The topological polar surface area (TPSA) is 23.6 Å². The Kier molecular flexibility index (Phi) is 5.06. The summed E-state index contributed by atoms with van der Waals surface area (Å²) in [6, 6.07) is 0. The van der Waals surface area contributed by atoms with Gasteiger partial charge in [-0.05, 0) is 76.8 Å².